The third kappa shape index (κ3) is 5.91. The summed E-state index contributed by atoms with van der Waals surface area (Å²) in [6.45, 7) is 3.74. The monoisotopic (exact) mass is 304 g/mol. The number of phosphoric ester groups is 1. The van der Waals surface area contributed by atoms with E-state index in [0.717, 1.165) is 0 Å². The van der Waals surface area contributed by atoms with Gasteiger partial charge in [-0.15, -0.1) is 0 Å². The van der Waals surface area contributed by atoms with Gasteiger partial charge in [0.15, 0.2) is 6.35 Å². The van der Waals surface area contributed by atoms with Crippen LogP contribution in [0.2, 0.25) is 0 Å². The second-order valence-corrected chi connectivity index (χ2v) is 7.40. The van der Waals surface area contributed by atoms with Crippen LogP contribution in [0.4, 0.5) is 0 Å². The van der Waals surface area contributed by atoms with E-state index in [4.69, 9.17) is 14.5 Å². The molecule has 4 atom stereocenters. The molecule has 8 nitrogen and oxygen atoms in total. The van der Waals surface area contributed by atoms with Crippen LogP contribution in [0.5, 0.6) is 0 Å². The molecule has 0 saturated carbocycles. The fourth-order valence-electron chi connectivity index (χ4n) is 1.57. The van der Waals surface area contributed by atoms with E-state index >= 15 is 0 Å². The van der Waals surface area contributed by atoms with Gasteiger partial charge in [-0.1, -0.05) is 6.92 Å². The Morgan fingerprint density at radius 2 is 1.83 bits per heavy atom. The Morgan fingerprint density at radius 3 is 2.28 bits per heavy atom. The summed E-state index contributed by atoms with van der Waals surface area (Å²) < 4.78 is 36.0. The number of ether oxygens (including phenoxy) is 1. The zero-order valence-electron chi connectivity index (χ0n) is 10.1. The highest BCUT2D eigenvalue weighted by Gasteiger charge is 2.32. The smallest absolute Gasteiger partial charge is 0.373 e. The third-order valence-corrected chi connectivity index (χ3v) is 4.26. The Labute approximate surface area is 105 Å². The van der Waals surface area contributed by atoms with Crippen LogP contribution in [0, 0.1) is 5.92 Å². The molecule has 0 aromatic rings. The summed E-state index contributed by atoms with van der Waals surface area (Å²) in [7, 11) is -8.95. The van der Waals surface area contributed by atoms with Crippen molar-refractivity contribution < 1.29 is 37.6 Å². The highest BCUT2D eigenvalue weighted by molar-refractivity contribution is 7.53. The van der Waals surface area contributed by atoms with Gasteiger partial charge in [0.05, 0.1) is 18.8 Å². The highest BCUT2D eigenvalue weighted by atomic mass is 31.2. The van der Waals surface area contributed by atoms with Crippen molar-refractivity contribution in [2.45, 2.75) is 32.5 Å². The van der Waals surface area contributed by atoms with E-state index in [9.17, 15) is 14.0 Å². The van der Waals surface area contributed by atoms with Crippen LogP contribution in [0.15, 0.2) is 0 Å². The standard InChI is InChI=1S/C8H18O8P2/c1-6-3-8(16-7(6)2)4-14-18(12,13)15-5-17(9,10)11/h6-8H,3-5H2,1-2H3,(H,12,13)(H2,9,10,11)/t6-,7+,8+/m1/s1. The molecule has 0 radical (unpaired) electrons. The molecule has 0 spiro atoms. The summed E-state index contributed by atoms with van der Waals surface area (Å²) in [5.74, 6) is 0.327. The van der Waals surface area contributed by atoms with E-state index in [1.165, 1.54) is 0 Å². The van der Waals surface area contributed by atoms with Crippen molar-refractivity contribution in [2.24, 2.45) is 5.92 Å². The first-order valence-electron chi connectivity index (χ1n) is 5.41. The fraction of sp³-hybridized carbons (Fsp3) is 1.00. The molecule has 0 aliphatic carbocycles. The van der Waals surface area contributed by atoms with Crippen molar-refractivity contribution in [3.63, 3.8) is 0 Å². The zero-order chi connectivity index (χ0) is 14.0. The molecular weight excluding hydrogens is 286 g/mol. The van der Waals surface area contributed by atoms with Crippen LogP contribution in [0.3, 0.4) is 0 Å². The summed E-state index contributed by atoms with van der Waals surface area (Å²) in [6, 6.07) is 0. The lowest BCUT2D eigenvalue weighted by atomic mass is 10.0. The Kier molecular flexibility index (Phi) is 5.53. The quantitative estimate of drug-likeness (QED) is 0.623. The molecule has 0 bridgehead atoms. The SMILES string of the molecule is C[C@@H]1C[C@@H](COP(=O)(O)OCP(=O)(O)O)O[C@H]1C. The van der Waals surface area contributed by atoms with Crippen LogP contribution in [-0.4, -0.2) is 39.8 Å². The maximum absolute atomic E-state index is 11.3. The van der Waals surface area contributed by atoms with Crippen LogP contribution in [0.1, 0.15) is 20.3 Å². The Hall–Kier alpha value is 0.220. The number of phosphoric acid groups is 1. The summed E-state index contributed by atoms with van der Waals surface area (Å²) in [5.41, 5.74) is 0. The second kappa shape index (κ2) is 6.11. The van der Waals surface area contributed by atoms with Crippen molar-refractivity contribution in [3.05, 3.63) is 0 Å². The molecule has 1 heterocycles. The first-order valence-corrected chi connectivity index (χ1v) is 8.70. The topological polar surface area (TPSA) is 123 Å². The average molecular weight is 304 g/mol. The van der Waals surface area contributed by atoms with Crippen molar-refractivity contribution in [3.8, 4) is 0 Å². The summed E-state index contributed by atoms with van der Waals surface area (Å²) in [4.78, 5) is 26.2. The maximum atomic E-state index is 11.3. The Bertz CT molecular complexity index is 356. The molecule has 1 unspecified atom stereocenters. The maximum Gasteiger partial charge on any atom is 0.472 e. The van der Waals surface area contributed by atoms with Gasteiger partial charge in [0, 0.05) is 0 Å². The van der Waals surface area contributed by atoms with Gasteiger partial charge in [-0.25, -0.2) is 4.57 Å². The summed E-state index contributed by atoms with van der Waals surface area (Å²) in [5, 5.41) is 0. The van der Waals surface area contributed by atoms with Crippen molar-refractivity contribution in [1.29, 1.82) is 0 Å². The van der Waals surface area contributed by atoms with Crippen LogP contribution < -0.4 is 0 Å². The Morgan fingerprint density at radius 1 is 1.22 bits per heavy atom. The lowest BCUT2D eigenvalue weighted by Crippen LogP contribution is -2.15. The lowest BCUT2D eigenvalue weighted by molar-refractivity contribution is 0.0117. The third-order valence-electron chi connectivity index (χ3n) is 2.66. The minimum atomic E-state index is -4.50. The number of hydrogen-bond acceptors (Lipinski definition) is 5. The van der Waals surface area contributed by atoms with Crippen LogP contribution in [-0.2, 0) is 22.9 Å². The van der Waals surface area contributed by atoms with Gasteiger partial charge < -0.3 is 19.4 Å². The molecule has 10 heteroatoms. The predicted molar refractivity (Wildman–Crippen MR) is 61.9 cm³/mol. The van der Waals surface area contributed by atoms with Crippen molar-refractivity contribution in [1.82, 2.24) is 0 Å². The van der Waals surface area contributed by atoms with Gasteiger partial charge >= 0.3 is 15.4 Å². The van der Waals surface area contributed by atoms with Crippen molar-refractivity contribution >= 4 is 15.4 Å². The van der Waals surface area contributed by atoms with Crippen LogP contribution in [0.25, 0.3) is 0 Å². The van der Waals surface area contributed by atoms with E-state index < -0.39 is 21.8 Å². The molecule has 1 aliphatic heterocycles. The van der Waals surface area contributed by atoms with Gasteiger partial charge in [-0.2, -0.15) is 0 Å². The predicted octanol–water partition coefficient (Wildman–Crippen LogP) is 1.07. The highest BCUT2D eigenvalue weighted by Crippen LogP contribution is 2.49. The molecule has 3 N–H and O–H groups in total. The number of rotatable bonds is 6. The van der Waals surface area contributed by atoms with Gasteiger partial charge in [0.1, 0.15) is 0 Å². The molecule has 1 fully saturated rings. The molecule has 0 aromatic heterocycles. The Balaban J connectivity index is 2.34. The second-order valence-electron chi connectivity index (χ2n) is 4.36. The molecule has 0 aromatic carbocycles. The molecule has 108 valence electrons. The first-order chi connectivity index (χ1) is 8.09. The van der Waals surface area contributed by atoms with Crippen LogP contribution >= 0.6 is 15.4 Å². The minimum Gasteiger partial charge on any atom is -0.373 e. The average Bonchev–Trinajstić information content (AvgIpc) is 2.53. The molecule has 1 aliphatic rings. The molecule has 1 rings (SSSR count). The van der Waals surface area contributed by atoms with E-state index in [0.29, 0.717) is 12.3 Å². The van der Waals surface area contributed by atoms with E-state index in [-0.39, 0.29) is 18.8 Å². The number of hydrogen-bond donors (Lipinski definition) is 3. The largest absolute Gasteiger partial charge is 0.472 e. The minimum absolute atomic E-state index is 0.0488. The van der Waals surface area contributed by atoms with E-state index in [1.807, 2.05) is 13.8 Å². The summed E-state index contributed by atoms with van der Waals surface area (Å²) >= 11 is 0. The fourth-order valence-corrected chi connectivity index (χ4v) is 3.18. The van der Waals surface area contributed by atoms with Gasteiger partial charge in [0.25, 0.3) is 0 Å². The lowest BCUT2D eigenvalue weighted by Gasteiger charge is -2.15. The van der Waals surface area contributed by atoms with Crippen molar-refractivity contribution in [2.75, 3.05) is 13.0 Å². The molecule has 1 saturated heterocycles. The van der Waals surface area contributed by atoms with Gasteiger partial charge in [-0.3, -0.25) is 13.6 Å². The van der Waals surface area contributed by atoms with Gasteiger partial charge in [-0.05, 0) is 19.3 Å². The molecule has 0 amide bonds. The first kappa shape index (κ1) is 16.3. The van der Waals surface area contributed by atoms with Gasteiger partial charge in [0.2, 0.25) is 0 Å². The summed E-state index contributed by atoms with van der Waals surface area (Å²) in [6.07, 6.45) is -0.722. The zero-order valence-corrected chi connectivity index (χ0v) is 11.9. The molecular formula is C8H18O8P2. The normalized spacial score (nSPS) is 32.4. The van der Waals surface area contributed by atoms with E-state index in [1.54, 1.807) is 0 Å². The molecule has 18 heavy (non-hydrogen) atoms. The van der Waals surface area contributed by atoms with E-state index in [2.05, 4.69) is 9.05 Å².